The van der Waals surface area contributed by atoms with Gasteiger partial charge in [0, 0.05) is 13.0 Å². The molecule has 0 aromatic carbocycles. The fourth-order valence-corrected chi connectivity index (χ4v) is 2.43. The van der Waals surface area contributed by atoms with Crippen molar-refractivity contribution >= 4 is 29.7 Å². The molecule has 3 atom stereocenters. The van der Waals surface area contributed by atoms with Crippen LogP contribution in [0.5, 0.6) is 0 Å². The Labute approximate surface area is 169 Å². The summed E-state index contributed by atoms with van der Waals surface area (Å²) in [6, 6.07) is -3.30. The average molecular weight is 416 g/mol. The van der Waals surface area contributed by atoms with E-state index in [-0.39, 0.29) is 44.1 Å². The third-order valence-corrected chi connectivity index (χ3v) is 3.91. The van der Waals surface area contributed by atoms with Crippen molar-refractivity contribution in [3.8, 4) is 0 Å². The van der Waals surface area contributed by atoms with Crippen LogP contribution in [0.1, 0.15) is 46.0 Å². The lowest BCUT2D eigenvalue weighted by Gasteiger charge is -2.23. The Morgan fingerprint density at radius 3 is 2.03 bits per heavy atom. The van der Waals surface area contributed by atoms with Gasteiger partial charge in [0.2, 0.25) is 11.8 Å². The van der Waals surface area contributed by atoms with Crippen LogP contribution in [0, 0.1) is 5.92 Å². The second-order valence-corrected chi connectivity index (χ2v) is 7.08. The van der Waals surface area contributed by atoms with E-state index in [9.17, 15) is 24.3 Å². The van der Waals surface area contributed by atoms with Crippen molar-refractivity contribution < 1.29 is 29.4 Å². The highest BCUT2D eigenvalue weighted by molar-refractivity contribution is 5.91. The number of nitrogens with one attached hydrogen (secondary N) is 2. The van der Waals surface area contributed by atoms with Crippen LogP contribution >= 0.6 is 0 Å². The highest BCUT2D eigenvalue weighted by Crippen LogP contribution is 2.07. The highest BCUT2D eigenvalue weighted by Gasteiger charge is 2.28. The number of carboxylic acid groups (broad SMARTS) is 2. The molecule has 0 radical (unpaired) electrons. The van der Waals surface area contributed by atoms with Crippen LogP contribution in [-0.2, 0) is 19.2 Å². The number of hydrogen-bond donors (Lipinski definition) is 7. The summed E-state index contributed by atoms with van der Waals surface area (Å²) in [5, 5.41) is 22.9. The van der Waals surface area contributed by atoms with Gasteiger partial charge in [0.15, 0.2) is 5.96 Å². The monoisotopic (exact) mass is 416 g/mol. The van der Waals surface area contributed by atoms with Gasteiger partial charge in [-0.3, -0.25) is 19.4 Å². The lowest BCUT2D eigenvalue weighted by Crippen LogP contribution is -2.54. The zero-order valence-electron chi connectivity index (χ0n) is 16.8. The molecule has 0 aromatic heterocycles. The van der Waals surface area contributed by atoms with Crippen LogP contribution in [0.25, 0.3) is 0 Å². The molecule has 2 amide bonds. The summed E-state index contributed by atoms with van der Waals surface area (Å²) in [6.07, 6.45) is 0.282. The van der Waals surface area contributed by atoms with Crippen LogP contribution in [-0.4, -0.2) is 64.6 Å². The third kappa shape index (κ3) is 12.2. The second kappa shape index (κ2) is 13.3. The predicted molar refractivity (Wildman–Crippen MR) is 106 cm³/mol. The van der Waals surface area contributed by atoms with Crippen LogP contribution in [0.15, 0.2) is 4.99 Å². The molecule has 10 N–H and O–H groups in total. The van der Waals surface area contributed by atoms with Crippen LogP contribution in [0.4, 0.5) is 0 Å². The maximum absolute atomic E-state index is 12.6. The molecule has 12 nitrogen and oxygen atoms in total. The average Bonchev–Trinajstić information content (AvgIpc) is 2.60. The molecule has 0 aromatic rings. The summed E-state index contributed by atoms with van der Waals surface area (Å²) in [7, 11) is 0. The van der Waals surface area contributed by atoms with Crippen molar-refractivity contribution in [1.29, 1.82) is 0 Å². The Hall–Kier alpha value is -2.89. The third-order valence-electron chi connectivity index (χ3n) is 3.91. The van der Waals surface area contributed by atoms with E-state index in [0.717, 1.165) is 0 Å². The SMILES string of the molecule is CC(C)C[C@H](NC(=O)[C@@H](CCCN=C(N)N)NC(=O)[C@H](N)CCC(=O)O)C(=O)O. The Bertz CT molecular complexity index is 605. The van der Waals surface area contributed by atoms with E-state index in [1.807, 2.05) is 13.8 Å². The first-order chi connectivity index (χ1) is 13.4. The molecule has 0 unspecified atom stereocenters. The van der Waals surface area contributed by atoms with Crippen LogP contribution in [0.2, 0.25) is 0 Å². The number of nitrogens with two attached hydrogens (primary N) is 3. The maximum atomic E-state index is 12.6. The number of nitrogens with zero attached hydrogens (tertiary/aromatic N) is 1. The van der Waals surface area contributed by atoms with Gasteiger partial charge < -0.3 is 38.0 Å². The number of guanidine groups is 1. The minimum Gasteiger partial charge on any atom is -0.481 e. The molecule has 0 fully saturated rings. The quantitative estimate of drug-likeness (QED) is 0.0975. The molecule has 0 heterocycles. The fraction of sp³-hybridized carbons (Fsp3) is 0.706. The molecule has 0 aliphatic heterocycles. The lowest BCUT2D eigenvalue weighted by molar-refractivity contribution is -0.142. The Morgan fingerprint density at radius 2 is 1.55 bits per heavy atom. The summed E-state index contributed by atoms with van der Waals surface area (Å²) >= 11 is 0. The second-order valence-electron chi connectivity index (χ2n) is 7.08. The first-order valence-electron chi connectivity index (χ1n) is 9.30. The zero-order chi connectivity index (χ0) is 22.6. The van der Waals surface area contributed by atoms with Gasteiger partial charge in [0.05, 0.1) is 6.04 Å². The van der Waals surface area contributed by atoms with E-state index in [1.54, 1.807) is 0 Å². The smallest absolute Gasteiger partial charge is 0.326 e. The largest absolute Gasteiger partial charge is 0.481 e. The van der Waals surface area contributed by atoms with Crippen LogP contribution < -0.4 is 27.8 Å². The van der Waals surface area contributed by atoms with Gasteiger partial charge in [0.1, 0.15) is 12.1 Å². The van der Waals surface area contributed by atoms with E-state index in [2.05, 4.69) is 15.6 Å². The molecule has 0 saturated carbocycles. The van der Waals surface area contributed by atoms with Crippen molar-refractivity contribution in [2.75, 3.05) is 6.54 Å². The molecular weight excluding hydrogens is 384 g/mol. The standard InChI is InChI=1S/C17H32N6O6/c1-9(2)8-12(16(28)29)23-15(27)11(4-3-7-21-17(19)20)22-14(26)10(18)5-6-13(24)25/h9-12H,3-8,18H2,1-2H3,(H,22,26)(H,23,27)(H,24,25)(H,28,29)(H4,19,20,21)/t10-,11-,12+/m1/s1. The Kier molecular flexibility index (Phi) is 12.0. The molecule has 0 saturated heterocycles. The molecule has 12 heteroatoms. The van der Waals surface area contributed by atoms with Gasteiger partial charge in [-0.2, -0.15) is 0 Å². The summed E-state index contributed by atoms with van der Waals surface area (Å²) < 4.78 is 0. The number of carbonyl (C=O) groups excluding carboxylic acids is 2. The lowest BCUT2D eigenvalue weighted by atomic mass is 10.0. The normalized spacial score (nSPS) is 13.8. The van der Waals surface area contributed by atoms with Gasteiger partial charge in [-0.1, -0.05) is 13.8 Å². The number of rotatable bonds is 14. The fourth-order valence-electron chi connectivity index (χ4n) is 2.43. The van der Waals surface area contributed by atoms with Gasteiger partial charge >= 0.3 is 11.9 Å². The van der Waals surface area contributed by atoms with Crippen molar-refractivity contribution in [2.24, 2.45) is 28.1 Å². The summed E-state index contributed by atoms with van der Waals surface area (Å²) in [5.74, 6) is -3.76. The molecule has 0 aliphatic rings. The topological polar surface area (TPSA) is 223 Å². The van der Waals surface area contributed by atoms with E-state index >= 15 is 0 Å². The van der Waals surface area contributed by atoms with Crippen molar-refractivity contribution in [1.82, 2.24) is 10.6 Å². The predicted octanol–water partition coefficient (Wildman–Crippen LogP) is -1.67. The number of amides is 2. The molecule has 29 heavy (non-hydrogen) atoms. The minimum atomic E-state index is -1.18. The number of aliphatic imine (C=N–C) groups is 1. The van der Waals surface area contributed by atoms with Crippen molar-refractivity contribution in [3.63, 3.8) is 0 Å². The molecule has 0 rings (SSSR count). The van der Waals surface area contributed by atoms with E-state index in [1.165, 1.54) is 0 Å². The minimum absolute atomic E-state index is 0.0238. The maximum Gasteiger partial charge on any atom is 0.326 e. The van der Waals surface area contributed by atoms with E-state index in [4.69, 9.17) is 22.3 Å². The molecule has 0 bridgehead atoms. The van der Waals surface area contributed by atoms with Crippen molar-refractivity contribution in [2.45, 2.75) is 64.1 Å². The molecule has 0 aliphatic carbocycles. The first-order valence-corrected chi connectivity index (χ1v) is 9.30. The molecular formula is C17H32N6O6. The Balaban J connectivity index is 5.11. The number of carbonyl (C=O) groups is 4. The summed E-state index contributed by atoms with van der Waals surface area (Å²) in [5.41, 5.74) is 16.2. The summed E-state index contributed by atoms with van der Waals surface area (Å²) in [4.78, 5) is 50.6. The van der Waals surface area contributed by atoms with Gasteiger partial charge in [-0.05, 0) is 31.6 Å². The zero-order valence-corrected chi connectivity index (χ0v) is 16.8. The van der Waals surface area contributed by atoms with E-state index < -0.39 is 41.9 Å². The van der Waals surface area contributed by atoms with Crippen LogP contribution in [0.3, 0.4) is 0 Å². The molecule has 0 spiro atoms. The highest BCUT2D eigenvalue weighted by atomic mass is 16.4. The van der Waals surface area contributed by atoms with Gasteiger partial charge in [0.25, 0.3) is 0 Å². The van der Waals surface area contributed by atoms with Crippen molar-refractivity contribution in [3.05, 3.63) is 0 Å². The van der Waals surface area contributed by atoms with Gasteiger partial charge in [-0.15, -0.1) is 0 Å². The number of hydrogen-bond acceptors (Lipinski definition) is 6. The number of carboxylic acids is 2. The first kappa shape index (κ1) is 26.1. The van der Waals surface area contributed by atoms with Gasteiger partial charge in [-0.25, -0.2) is 4.79 Å². The van der Waals surface area contributed by atoms with E-state index in [0.29, 0.717) is 6.42 Å². The molecule has 166 valence electrons. The Morgan fingerprint density at radius 1 is 0.966 bits per heavy atom. The number of aliphatic carboxylic acids is 2. The summed E-state index contributed by atoms with van der Waals surface area (Å²) in [6.45, 7) is 3.84.